The van der Waals surface area contributed by atoms with Crippen LogP contribution in [0.4, 0.5) is 19.8 Å². The van der Waals surface area contributed by atoms with Crippen LogP contribution in [0.3, 0.4) is 0 Å². The van der Waals surface area contributed by atoms with Gasteiger partial charge in [-0.15, -0.1) is 0 Å². The highest BCUT2D eigenvalue weighted by atomic mass is 35.5. The van der Waals surface area contributed by atoms with Gasteiger partial charge in [-0.25, -0.2) is 23.9 Å². The molecule has 2 fully saturated rings. The zero-order chi connectivity index (χ0) is 30.4. The van der Waals surface area contributed by atoms with Crippen molar-refractivity contribution in [1.29, 1.82) is 0 Å². The van der Waals surface area contributed by atoms with E-state index in [1.54, 1.807) is 44.0 Å². The summed E-state index contributed by atoms with van der Waals surface area (Å²) in [6.07, 6.45) is 2.47. The molecule has 0 aromatic carbocycles. The SMILES string of the molecule is CC(C)(C)OC(=O)NCc1cc2nc(-c3nc(N4CCN(C(=O)OC(C)(C)C)C5(CC5)C4)cc(F)c3Cl)ccc2cn1. The lowest BCUT2D eigenvalue weighted by atomic mass is 10.1. The number of ether oxygens (including phenoxy) is 2. The molecule has 5 rings (SSSR count). The maximum atomic E-state index is 15.2. The first kappa shape index (κ1) is 29.8. The van der Waals surface area contributed by atoms with E-state index in [1.165, 1.54) is 6.07 Å². The number of piperazine rings is 1. The van der Waals surface area contributed by atoms with Gasteiger partial charge < -0.3 is 19.7 Å². The molecule has 1 aliphatic carbocycles. The highest BCUT2D eigenvalue weighted by molar-refractivity contribution is 6.33. The standard InChI is InChI=1S/C30H36ClFN6O4/c1-28(2,3)41-26(39)34-16-19-13-22-18(15-33-19)7-8-21(35-22)25-24(31)20(32)14-23(36-25)37-11-12-38(30(17-37)9-10-30)27(40)42-29(4,5)6/h7-8,13-15H,9-12,16-17H2,1-6H3,(H,34,39). The molecule has 10 nitrogen and oxygen atoms in total. The van der Waals surface area contributed by atoms with Crippen LogP contribution in [0.25, 0.3) is 22.3 Å². The highest BCUT2D eigenvalue weighted by Crippen LogP contribution is 2.46. The van der Waals surface area contributed by atoms with E-state index < -0.39 is 23.1 Å². The van der Waals surface area contributed by atoms with E-state index in [9.17, 15) is 9.59 Å². The van der Waals surface area contributed by atoms with E-state index >= 15 is 4.39 Å². The van der Waals surface area contributed by atoms with Crippen LogP contribution >= 0.6 is 11.6 Å². The lowest BCUT2D eigenvalue weighted by Gasteiger charge is -2.43. The number of carbonyl (C=O) groups excluding carboxylic acids is 2. The Morgan fingerprint density at radius 2 is 1.76 bits per heavy atom. The third-order valence-electron chi connectivity index (χ3n) is 7.00. The number of aromatic nitrogens is 3. The smallest absolute Gasteiger partial charge is 0.410 e. The van der Waals surface area contributed by atoms with Crippen LogP contribution < -0.4 is 10.2 Å². The van der Waals surface area contributed by atoms with Gasteiger partial charge in [0, 0.05) is 37.3 Å². The van der Waals surface area contributed by atoms with Gasteiger partial charge in [0.15, 0.2) is 0 Å². The van der Waals surface area contributed by atoms with Gasteiger partial charge in [-0.05, 0) is 72.6 Å². The fourth-order valence-corrected chi connectivity index (χ4v) is 5.12. The van der Waals surface area contributed by atoms with Crippen molar-refractivity contribution in [3.05, 3.63) is 47.0 Å². The number of alkyl carbamates (subject to hydrolysis) is 1. The predicted octanol–water partition coefficient (Wildman–Crippen LogP) is 6.10. The number of fused-ring (bicyclic) bond motifs is 1. The number of rotatable bonds is 4. The Morgan fingerprint density at radius 1 is 1.05 bits per heavy atom. The monoisotopic (exact) mass is 598 g/mol. The summed E-state index contributed by atoms with van der Waals surface area (Å²) in [5.41, 5.74) is 0.245. The maximum absolute atomic E-state index is 15.2. The number of hydrogen-bond acceptors (Lipinski definition) is 8. The van der Waals surface area contributed by atoms with Crippen molar-refractivity contribution in [3.8, 4) is 11.4 Å². The number of amides is 2. The molecule has 1 saturated carbocycles. The molecule has 1 N–H and O–H groups in total. The Bertz CT molecular complexity index is 1530. The van der Waals surface area contributed by atoms with Crippen LogP contribution in [-0.4, -0.2) is 68.4 Å². The Kier molecular flexibility index (Phi) is 7.67. The molecule has 0 radical (unpaired) electrons. The average molecular weight is 599 g/mol. The van der Waals surface area contributed by atoms with Gasteiger partial charge in [0.05, 0.1) is 29.0 Å². The van der Waals surface area contributed by atoms with E-state index in [0.717, 1.165) is 18.2 Å². The number of pyridine rings is 3. The van der Waals surface area contributed by atoms with Crippen LogP contribution in [0.15, 0.2) is 30.5 Å². The van der Waals surface area contributed by atoms with Crippen LogP contribution in [0.1, 0.15) is 60.1 Å². The van der Waals surface area contributed by atoms with Crippen LogP contribution in [0.5, 0.6) is 0 Å². The molecular formula is C30H36ClFN6O4. The van der Waals surface area contributed by atoms with E-state index in [2.05, 4.69) is 10.3 Å². The fraction of sp³-hybridized carbons (Fsp3) is 0.500. The van der Waals surface area contributed by atoms with Crippen LogP contribution in [-0.2, 0) is 16.0 Å². The van der Waals surface area contributed by atoms with Crippen molar-refractivity contribution in [2.75, 3.05) is 24.5 Å². The Morgan fingerprint density at radius 3 is 2.43 bits per heavy atom. The molecular weight excluding hydrogens is 563 g/mol. The minimum Gasteiger partial charge on any atom is -0.444 e. The second-order valence-corrected chi connectivity index (χ2v) is 13.2. The summed E-state index contributed by atoms with van der Waals surface area (Å²) in [7, 11) is 0. The van der Waals surface area contributed by atoms with E-state index in [4.69, 9.17) is 31.0 Å². The van der Waals surface area contributed by atoms with Crippen molar-refractivity contribution in [2.24, 2.45) is 0 Å². The molecule has 0 bridgehead atoms. The molecule has 0 unspecified atom stereocenters. The van der Waals surface area contributed by atoms with Gasteiger partial charge in [0.2, 0.25) is 0 Å². The third-order valence-corrected chi connectivity index (χ3v) is 7.36. The van der Waals surface area contributed by atoms with Gasteiger partial charge in [-0.2, -0.15) is 0 Å². The van der Waals surface area contributed by atoms with Gasteiger partial charge in [-0.3, -0.25) is 9.88 Å². The first-order valence-electron chi connectivity index (χ1n) is 14.0. The lowest BCUT2D eigenvalue weighted by molar-refractivity contribution is 0.0106. The second-order valence-electron chi connectivity index (χ2n) is 12.8. The molecule has 1 aliphatic heterocycles. The maximum Gasteiger partial charge on any atom is 0.410 e. The number of anilines is 1. The molecule has 0 atom stereocenters. The van der Waals surface area contributed by atoms with Gasteiger partial charge >= 0.3 is 12.2 Å². The Labute approximate surface area is 249 Å². The summed E-state index contributed by atoms with van der Waals surface area (Å²) in [5, 5.41) is 3.33. The van der Waals surface area contributed by atoms with E-state index in [1.807, 2.05) is 31.7 Å². The molecule has 42 heavy (non-hydrogen) atoms. The van der Waals surface area contributed by atoms with Gasteiger partial charge in [0.1, 0.15) is 33.6 Å². The zero-order valence-electron chi connectivity index (χ0n) is 24.8. The molecule has 1 spiro atoms. The van der Waals surface area contributed by atoms with Crippen LogP contribution in [0.2, 0.25) is 5.02 Å². The molecule has 224 valence electrons. The lowest BCUT2D eigenvalue weighted by Crippen LogP contribution is -2.58. The molecule has 1 saturated heterocycles. The highest BCUT2D eigenvalue weighted by Gasteiger charge is 2.54. The molecule has 12 heteroatoms. The first-order chi connectivity index (χ1) is 19.6. The van der Waals surface area contributed by atoms with Crippen molar-refractivity contribution < 1.29 is 23.5 Å². The summed E-state index contributed by atoms with van der Waals surface area (Å²) in [5.74, 6) is -0.171. The summed E-state index contributed by atoms with van der Waals surface area (Å²) >= 11 is 6.41. The largest absolute Gasteiger partial charge is 0.444 e. The molecule has 3 aromatic rings. The van der Waals surface area contributed by atoms with Crippen LogP contribution in [0, 0.1) is 5.82 Å². The summed E-state index contributed by atoms with van der Waals surface area (Å²) in [6, 6.07) is 6.62. The molecule has 2 amide bonds. The minimum atomic E-state index is -0.613. The predicted molar refractivity (Wildman–Crippen MR) is 158 cm³/mol. The summed E-state index contributed by atoms with van der Waals surface area (Å²) < 4.78 is 26.1. The Hall–Kier alpha value is -3.73. The Balaban J connectivity index is 1.37. The van der Waals surface area contributed by atoms with Crippen molar-refractivity contribution in [2.45, 2.75) is 77.7 Å². The van der Waals surface area contributed by atoms with E-state index in [0.29, 0.717) is 42.4 Å². The second kappa shape index (κ2) is 10.8. The topological polar surface area (TPSA) is 110 Å². The van der Waals surface area contributed by atoms with Crippen molar-refractivity contribution in [1.82, 2.24) is 25.2 Å². The number of carbonyl (C=O) groups is 2. The summed E-state index contributed by atoms with van der Waals surface area (Å²) in [6.45, 7) is 12.5. The number of halogens is 2. The number of hydrogen-bond donors (Lipinski definition) is 1. The molecule has 4 heterocycles. The van der Waals surface area contributed by atoms with E-state index in [-0.39, 0.29) is 28.9 Å². The fourth-order valence-electron chi connectivity index (χ4n) is 4.93. The molecule has 3 aromatic heterocycles. The average Bonchev–Trinajstić information content (AvgIpc) is 3.65. The number of nitrogens with one attached hydrogen (secondary N) is 1. The summed E-state index contributed by atoms with van der Waals surface area (Å²) in [4.78, 5) is 42.5. The molecule has 2 aliphatic rings. The normalized spacial score (nSPS) is 16.5. The zero-order valence-corrected chi connectivity index (χ0v) is 25.5. The van der Waals surface area contributed by atoms with Crippen molar-refractivity contribution >= 4 is 40.5 Å². The van der Waals surface area contributed by atoms with Gasteiger partial charge in [-0.1, -0.05) is 11.6 Å². The minimum absolute atomic E-state index is 0.125. The number of nitrogens with zero attached hydrogens (tertiary/aromatic N) is 5. The third kappa shape index (κ3) is 6.67. The first-order valence-corrected chi connectivity index (χ1v) is 14.3. The van der Waals surface area contributed by atoms with Gasteiger partial charge in [0.25, 0.3) is 0 Å². The quantitative estimate of drug-likeness (QED) is 0.384. The van der Waals surface area contributed by atoms with Crippen molar-refractivity contribution in [3.63, 3.8) is 0 Å².